The van der Waals surface area contributed by atoms with Crippen LogP contribution in [0.4, 0.5) is 5.95 Å². The van der Waals surface area contributed by atoms with Gasteiger partial charge in [-0.1, -0.05) is 12.1 Å². The molecule has 1 fully saturated rings. The fraction of sp³-hybridized carbons (Fsp3) is 0.462. The Morgan fingerprint density at radius 3 is 3.00 bits per heavy atom. The number of aromatic nitrogens is 2. The predicted octanol–water partition coefficient (Wildman–Crippen LogP) is 1.75. The average Bonchev–Trinajstić information content (AvgIpc) is 2.82. The van der Waals surface area contributed by atoms with Crippen molar-refractivity contribution >= 4 is 17.0 Å². The summed E-state index contributed by atoms with van der Waals surface area (Å²) in [5.41, 5.74) is 2.15. The van der Waals surface area contributed by atoms with Gasteiger partial charge in [0.2, 0.25) is 5.95 Å². The molecule has 90 valence electrons. The van der Waals surface area contributed by atoms with E-state index in [9.17, 15) is 0 Å². The number of aromatic amines is 1. The van der Waals surface area contributed by atoms with Crippen molar-refractivity contribution in [3.8, 4) is 0 Å². The van der Waals surface area contributed by atoms with E-state index in [4.69, 9.17) is 0 Å². The lowest BCUT2D eigenvalue weighted by molar-refractivity contribution is 0.442. The van der Waals surface area contributed by atoms with Gasteiger partial charge in [0, 0.05) is 19.6 Å². The van der Waals surface area contributed by atoms with Crippen molar-refractivity contribution in [2.75, 3.05) is 25.0 Å². The molecular formula is C13H18N4. The highest BCUT2D eigenvalue weighted by Crippen LogP contribution is 2.19. The molecule has 0 aliphatic carbocycles. The lowest BCUT2D eigenvalue weighted by atomic mass is 10.1. The van der Waals surface area contributed by atoms with Crippen LogP contribution in [0, 0.1) is 0 Å². The Bertz CT molecular complexity index is 466. The maximum Gasteiger partial charge on any atom is 0.203 e. The van der Waals surface area contributed by atoms with Gasteiger partial charge in [-0.2, -0.15) is 0 Å². The summed E-state index contributed by atoms with van der Waals surface area (Å²) >= 11 is 0. The van der Waals surface area contributed by atoms with Crippen LogP contribution in [-0.2, 0) is 0 Å². The third-order valence-electron chi connectivity index (χ3n) is 3.53. The van der Waals surface area contributed by atoms with Crippen molar-refractivity contribution in [1.29, 1.82) is 0 Å². The van der Waals surface area contributed by atoms with Gasteiger partial charge in [-0.3, -0.25) is 0 Å². The summed E-state index contributed by atoms with van der Waals surface area (Å²) in [6, 6.07) is 8.71. The summed E-state index contributed by atoms with van der Waals surface area (Å²) in [5.74, 6) is 0.972. The van der Waals surface area contributed by atoms with Crippen molar-refractivity contribution in [2.24, 2.45) is 0 Å². The molecule has 4 heteroatoms. The first kappa shape index (κ1) is 10.6. The molecule has 1 aliphatic rings. The van der Waals surface area contributed by atoms with Gasteiger partial charge < -0.3 is 15.2 Å². The third kappa shape index (κ3) is 2.00. The molecule has 1 aromatic heterocycles. The number of hydrogen-bond donors (Lipinski definition) is 2. The SMILES string of the molecule is CN(c1nc2ccccc2[nH]1)C1CCCNC1. The van der Waals surface area contributed by atoms with Crippen LogP contribution in [0.15, 0.2) is 24.3 Å². The number of fused-ring (bicyclic) bond motifs is 1. The van der Waals surface area contributed by atoms with Crippen molar-refractivity contribution < 1.29 is 0 Å². The standard InChI is InChI=1S/C13H18N4/c1-17(10-5-4-8-14-9-10)13-15-11-6-2-3-7-12(11)16-13/h2-3,6-7,10,14H,4-5,8-9H2,1H3,(H,15,16). The Labute approximate surface area is 101 Å². The first-order chi connectivity index (χ1) is 8.34. The molecule has 3 rings (SSSR count). The van der Waals surface area contributed by atoms with Crippen molar-refractivity contribution in [1.82, 2.24) is 15.3 Å². The highest BCUT2D eigenvalue weighted by atomic mass is 15.3. The van der Waals surface area contributed by atoms with Crippen molar-refractivity contribution in [2.45, 2.75) is 18.9 Å². The lowest BCUT2D eigenvalue weighted by Crippen LogP contribution is -2.44. The monoisotopic (exact) mass is 230 g/mol. The van der Waals surface area contributed by atoms with E-state index >= 15 is 0 Å². The Kier molecular flexibility index (Phi) is 2.73. The normalized spacial score (nSPS) is 20.6. The molecule has 1 aromatic carbocycles. The molecule has 2 N–H and O–H groups in total. The van der Waals surface area contributed by atoms with Gasteiger partial charge in [-0.15, -0.1) is 0 Å². The van der Waals surface area contributed by atoms with Crippen LogP contribution in [-0.4, -0.2) is 36.1 Å². The Balaban J connectivity index is 1.86. The second-order valence-electron chi connectivity index (χ2n) is 4.69. The van der Waals surface area contributed by atoms with Gasteiger partial charge in [-0.05, 0) is 31.5 Å². The summed E-state index contributed by atoms with van der Waals surface area (Å²) in [7, 11) is 2.12. The van der Waals surface area contributed by atoms with Crippen LogP contribution < -0.4 is 10.2 Å². The molecule has 0 spiro atoms. The number of nitrogens with one attached hydrogen (secondary N) is 2. The molecule has 4 nitrogen and oxygen atoms in total. The summed E-state index contributed by atoms with van der Waals surface area (Å²) in [5, 5.41) is 3.44. The van der Waals surface area contributed by atoms with E-state index in [-0.39, 0.29) is 0 Å². The number of anilines is 1. The zero-order valence-electron chi connectivity index (χ0n) is 10.1. The van der Waals surface area contributed by atoms with Gasteiger partial charge in [0.05, 0.1) is 11.0 Å². The van der Waals surface area contributed by atoms with Crippen LogP contribution in [0.3, 0.4) is 0 Å². The fourth-order valence-electron chi connectivity index (χ4n) is 2.44. The molecule has 0 saturated carbocycles. The second kappa shape index (κ2) is 4.37. The summed E-state index contributed by atoms with van der Waals surface area (Å²) in [6.45, 7) is 2.19. The minimum absolute atomic E-state index is 0.546. The van der Waals surface area contributed by atoms with Gasteiger partial charge in [0.25, 0.3) is 0 Å². The number of nitrogens with zero attached hydrogens (tertiary/aromatic N) is 2. The average molecular weight is 230 g/mol. The quantitative estimate of drug-likeness (QED) is 0.826. The van der Waals surface area contributed by atoms with E-state index in [1.807, 2.05) is 18.2 Å². The summed E-state index contributed by atoms with van der Waals surface area (Å²) in [6.07, 6.45) is 2.48. The van der Waals surface area contributed by atoms with E-state index in [1.54, 1.807) is 0 Å². The minimum atomic E-state index is 0.546. The van der Waals surface area contributed by atoms with E-state index < -0.39 is 0 Å². The van der Waals surface area contributed by atoms with Crippen LogP contribution in [0.5, 0.6) is 0 Å². The maximum atomic E-state index is 4.63. The zero-order valence-corrected chi connectivity index (χ0v) is 10.1. The third-order valence-corrected chi connectivity index (χ3v) is 3.53. The van der Waals surface area contributed by atoms with Gasteiger partial charge in [0.1, 0.15) is 0 Å². The zero-order chi connectivity index (χ0) is 11.7. The topological polar surface area (TPSA) is 44.0 Å². The maximum absolute atomic E-state index is 4.63. The molecule has 2 heterocycles. The van der Waals surface area contributed by atoms with Gasteiger partial charge >= 0.3 is 0 Å². The molecule has 0 radical (unpaired) electrons. The number of imidazole rings is 1. The van der Waals surface area contributed by atoms with Crippen molar-refractivity contribution in [3.63, 3.8) is 0 Å². The number of rotatable bonds is 2. The van der Waals surface area contributed by atoms with E-state index in [0.717, 1.165) is 30.1 Å². The summed E-state index contributed by atoms with van der Waals surface area (Å²) < 4.78 is 0. The number of piperidine rings is 1. The largest absolute Gasteiger partial charge is 0.341 e. The Morgan fingerprint density at radius 2 is 2.24 bits per heavy atom. The molecule has 1 saturated heterocycles. The first-order valence-corrected chi connectivity index (χ1v) is 6.23. The van der Waals surface area contributed by atoms with Crippen LogP contribution >= 0.6 is 0 Å². The molecular weight excluding hydrogens is 212 g/mol. The lowest BCUT2D eigenvalue weighted by Gasteiger charge is -2.31. The number of H-pyrrole nitrogens is 1. The molecule has 0 bridgehead atoms. The first-order valence-electron chi connectivity index (χ1n) is 6.23. The predicted molar refractivity (Wildman–Crippen MR) is 70.4 cm³/mol. The van der Waals surface area contributed by atoms with Gasteiger partial charge in [-0.25, -0.2) is 4.98 Å². The Hall–Kier alpha value is -1.55. The molecule has 1 aliphatic heterocycles. The highest BCUT2D eigenvalue weighted by Gasteiger charge is 2.19. The number of hydrogen-bond acceptors (Lipinski definition) is 3. The van der Waals surface area contributed by atoms with Crippen molar-refractivity contribution in [3.05, 3.63) is 24.3 Å². The molecule has 1 unspecified atom stereocenters. The molecule has 2 aromatic rings. The van der Waals surface area contributed by atoms with Gasteiger partial charge in [0.15, 0.2) is 0 Å². The number of likely N-dealkylation sites (N-methyl/N-ethyl adjacent to an activating group) is 1. The molecule has 1 atom stereocenters. The molecule has 17 heavy (non-hydrogen) atoms. The summed E-state index contributed by atoms with van der Waals surface area (Å²) in [4.78, 5) is 10.3. The highest BCUT2D eigenvalue weighted by molar-refractivity contribution is 5.77. The fourth-order valence-corrected chi connectivity index (χ4v) is 2.44. The second-order valence-corrected chi connectivity index (χ2v) is 4.69. The van der Waals surface area contributed by atoms with Crippen LogP contribution in [0.1, 0.15) is 12.8 Å². The number of para-hydroxylation sites is 2. The number of benzene rings is 1. The van der Waals surface area contributed by atoms with Crippen LogP contribution in [0.2, 0.25) is 0 Å². The van der Waals surface area contributed by atoms with E-state index in [0.29, 0.717) is 6.04 Å². The van der Waals surface area contributed by atoms with E-state index in [1.165, 1.54) is 12.8 Å². The van der Waals surface area contributed by atoms with Crippen LogP contribution in [0.25, 0.3) is 11.0 Å². The minimum Gasteiger partial charge on any atom is -0.341 e. The Morgan fingerprint density at radius 1 is 1.35 bits per heavy atom. The molecule has 0 amide bonds. The smallest absolute Gasteiger partial charge is 0.203 e. The van der Waals surface area contributed by atoms with E-state index in [2.05, 4.69) is 33.3 Å².